The van der Waals surface area contributed by atoms with Gasteiger partial charge in [0.15, 0.2) is 5.01 Å². The van der Waals surface area contributed by atoms with E-state index in [0.717, 1.165) is 14.9 Å². The van der Waals surface area contributed by atoms with Gasteiger partial charge >= 0.3 is 0 Å². The molecule has 0 radical (unpaired) electrons. The summed E-state index contributed by atoms with van der Waals surface area (Å²) in [6.07, 6.45) is 0. The second-order valence-electron chi connectivity index (χ2n) is 4.66. The Balaban J connectivity index is 1.85. The van der Waals surface area contributed by atoms with Crippen LogP contribution in [-0.4, -0.2) is 21.2 Å². The highest BCUT2D eigenvalue weighted by Crippen LogP contribution is 2.39. The highest BCUT2D eigenvalue weighted by atomic mass is 127. The minimum absolute atomic E-state index is 0.122. The lowest BCUT2D eigenvalue weighted by molar-refractivity contribution is 0.102. The molecule has 24 heavy (non-hydrogen) atoms. The van der Waals surface area contributed by atoms with Crippen molar-refractivity contribution in [2.45, 2.75) is 0 Å². The van der Waals surface area contributed by atoms with Crippen molar-refractivity contribution in [3.05, 3.63) is 55.6 Å². The van der Waals surface area contributed by atoms with Gasteiger partial charge in [-0.3, -0.25) is 10.1 Å². The predicted molar refractivity (Wildman–Crippen MR) is 104 cm³/mol. The lowest BCUT2D eigenvalue weighted by atomic mass is 10.2. The summed E-state index contributed by atoms with van der Waals surface area (Å²) >= 11 is 15.1. The van der Waals surface area contributed by atoms with Gasteiger partial charge in [0, 0.05) is 14.2 Å². The highest BCUT2D eigenvalue weighted by molar-refractivity contribution is 14.1. The van der Waals surface area contributed by atoms with Crippen LogP contribution in [0.1, 0.15) is 10.4 Å². The van der Waals surface area contributed by atoms with Crippen LogP contribution < -0.4 is 5.32 Å². The van der Waals surface area contributed by atoms with E-state index in [1.54, 1.807) is 18.2 Å². The molecule has 5 nitrogen and oxygen atoms in total. The average Bonchev–Trinajstić information content (AvgIpc) is 2.99. The molecular formula is C15H8Cl2IN3O2S. The Kier molecular flexibility index (Phi) is 5.24. The van der Waals surface area contributed by atoms with Crippen molar-refractivity contribution in [1.82, 2.24) is 10.2 Å². The van der Waals surface area contributed by atoms with Crippen molar-refractivity contribution in [2.75, 3.05) is 5.32 Å². The summed E-state index contributed by atoms with van der Waals surface area (Å²) in [6, 6.07) is 10.1. The monoisotopic (exact) mass is 491 g/mol. The first-order valence-electron chi connectivity index (χ1n) is 6.53. The second-order valence-corrected chi connectivity index (χ2v) is 7.73. The van der Waals surface area contributed by atoms with Crippen LogP contribution >= 0.6 is 57.1 Å². The van der Waals surface area contributed by atoms with Crippen LogP contribution in [0.4, 0.5) is 5.13 Å². The van der Waals surface area contributed by atoms with Crippen LogP contribution in [-0.2, 0) is 0 Å². The number of nitrogens with one attached hydrogen (secondary N) is 1. The quantitative estimate of drug-likeness (QED) is 0.501. The van der Waals surface area contributed by atoms with Gasteiger partial charge in [-0.1, -0.05) is 40.6 Å². The van der Waals surface area contributed by atoms with E-state index in [4.69, 9.17) is 23.2 Å². The lowest BCUT2D eigenvalue weighted by Gasteiger charge is -2.03. The fourth-order valence-corrected chi connectivity index (χ4v) is 3.70. The van der Waals surface area contributed by atoms with Gasteiger partial charge in [-0.15, -0.1) is 10.2 Å². The van der Waals surface area contributed by atoms with Crippen LogP contribution in [0.15, 0.2) is 36.4 Å². The first kappa shape index (κ1) is 17.4. The molecule has 3 aromatic rings. The molecule has 0 aliphatic carbocycles. The Labute approximate surface area is 164 Å². The van der Waals surface area contributed by atoms with E-state index >= 15 is 0 Å². The maximum Gasteiger partial charge on any atom is 0.257 e. The summed E-state index contributed by atoms with van der Waals surface area (Å²) in [5, 5.41) is 21.8. The zero-order valence-corrected chi connectivity index (χ0v) is 16.2. The molecule has 0 unspecified atom stereocenters. The number of phenols is 1. The van der Waals surface area contributed by atoms with E-state index in [1.165, 1.54) is 12.1 Å². The summed E-state index contributed by atoms with van der Waals surface area (Å²) in [4.78, 5) is 12.2. The zero-order chi connectivity index (χ0) is 17.3. The molecule has 1 heterocycles. The van der Waals surface area contributed by atoms with E-state index in [1.807, 2.05) is 6.07 Å². The topological polar surface area (TPSA) is 75.1 Å². The van der Waals surface area contributed by atoms with Gasteiger partial charge in [0.1, 0.15) is 5.75 Å². The number of aromatic hydroxyl groups is 1. The van der Waals surface area contributed by atoms with E-state index < -0.39 is 0 Å². The molecule has 1 aromatic heterocycles. The van der Waals surface area contributed by atoms with Gasteiger partial charge in [0.25, 0.3) is 5.91 Å². The number of anilines is 1. The molecule has 0 atom stereocenters. The minimum Gasteiger partial charge on any atom is -0.506 e. The molecule has 3 rings (SSSR count). The van der Waals surface area contributed by atoms with Crippen molar-refractivity contribution in [1.29, 1.82) is 0 Å². The molecule has 0 bridgehead atoms. The first-order chi connectivity index (χ1) is 11.4. The third-order valence-electron chi connectivity index (χ3n) is 2.99. The molecule has 122 valence electrons. The second kappa shape index (κ2) is 7.22. The number of carbonyl (C=O) groups is 1. The normalized spacial score (nSPS) is 10.6. The SMILES string of the molecule is O=C(Nc1nnc(-c2cc(Cl)cc(Cl)c2O)s1)c1cccc(I)c1. The molecule has 0 aliphatic rings. The van der Waals surface area contributed by atoms with Crippen molar-refractivity contribution < 1.29 is 9.90 Å². The van der Waals surface area contributed by atoms with Gasteiger partial charge in [0.2, 0.25) is 5.13 Å². The number of carbonyl (C=O) groups excluding carboxylic acids is 1. The summed E-state index contributed by atoms with van der Waals surface area (Å²) < 4.78 is 0.955. The van der Waals surface area contributed by atoms with Gasteiger partial charge in [-0.2, -0.15) is 0 Å². The van der Waals surface area contributed by atoms with E-state index in [-0.39, 0.29) is 16.7 Å². The van der Waals surface area contributed by atoms with Crippen LogP contribution in [0.25, 0.3) is 10.6 Å². The fraction of sp³-hybridized carbons (Fsp3) is 0. The molecular weight excluding hydrogens is 484 g/mol. The number of halogens is 3. The highest BCUT2D eigenvalue weighted by Gasteiger charge is 2.16. The smallest absolute Gasteiger partial charge is 0.257 e. The van der Waals surface area contributed by atoms with Gasteiger partial charge in [-0.25, -0.2) is 0 Å². The molecule has 2 N–H and O–H groups in total. The minimum atomic E-state index is -0.287. The van der Waals surface area contributed by atoms with Crippen LogP contribution in [0.2, 0.25) is 10.0 Å². The Morgan fingerprint density at radius 3 is 2.75 bits per heavy atom. The zero-order valence-electron chi connectivity index (χ0n) is 11.8. The van der Waals surface area contributed by atoms with Gasteiger partial charge < -0.3 is 5.11 Å². The predicted octanol–water partition coefficient (Wildman–Crippen LogP) is 5.07. The molecule has 1 amide bonds. The Bertz CT molecular complexity index is 933. The van der Waals surface area contributed by atoms with E-state index in [9.17, 15) is 9.90 Å². The number of nitrogens with zero attached hydrogens (tertiary/aromatic N) is 2. The van der Waals surface area contributed by atoms with Crippen LogP contribution in [0.5, 0.6) is 5.75 Å². The summed E-state index contributed by atoms with van der Waals surface area (Å²) in [7, 11) is 0. The number of hydrogen-bond acceptors (Lipinski definition) is 5. The lowest BCUT2D eigenvalue weighted by Crippen LogP contribution is -2.11. The van der Waals surface area contributed by atoms with Crippen LogP contribution in [0.3, 0.4) is 0 Å². The number of aromatic nitrogens is 2. The van der Waals surface area contributed by atoms with Crippen molar-refractivity contribution in [3.8, 4) is 16.3 Å². The third kappa shape index (κ3) is 3.80. The Hall–Kier alpha value is -1.42. The molecule has 0 aliphatic heterocycles. The largest absolute Gasteiger partial charge is 0.506 e. The maximum absolute atomic E-state index is 12.2. The molecule has 0 saturated heterocycles. The molecule has 0 saturated carbocycles. The van der Waals surface area contributed by atoms with Gasteiger partial charge in [-0.05, 0) is 52.9 Å². The first-order valence-corrected chi connectivity index (χ1v) is 9.18. The number of rotatable bonds is 3. The maximum atomic E-state index is 12.2. The van der Waals surface area contributed by atoms with Crippen molar-refractivity contribution in [3.63, 3.8) is 0 Å². The summed E-state index contributed by atoms with van der Waals surface area (Å²) in [5.41, 5.74) is 0.882. The fourth-order valence-electron chi connectivity index (χ4n) is 1.91. The third-order valence-corrected chi connectivity index (χ3v) is 5.04. The number of hydrogen-bond donors (Lipinski definition) is 2. The molecule has 2 aromatic carbocycles. The molecule has 0 spiro atoms. The van der Waals surface area contributed by atoms with E-state index in [2.05, 4.69) is 38.1 Å². The Morgan fingerprint density at radius 2 is 2.00 bits per heavy atom. The molecule has 0 fully saturated rings. The average molecular weight is 492 g/mol. The number of amides is 1. The van der Waals surface area contributed by atoms with Crippen LogP contribution in [0, 0.1) is 3.57 Å². The van der Waals surface area contributed by atoms with E-state index in [0.29, 0.717) is 26.3 Å². The van der Waals surface area contributed by atoms with Crippen molar-refractivity contribution >= 4 is 68.2 Å². The summed E-state index contributed by atoms with van der Waals surface area (Å²) in [5.74, 6) is -0.419. The Morgan fingerprint density at radius 1 is 1.21 bits per heavy atom. The summed E-state index contributed by atoms with van der Waals surface area (Å²) in [6.45, 7) is 0. The number of phenolic OH excluding ortho intramolecular Hbond substituents is 1. The number of benzene rings is 2. The standard InChI is InChI=1S/C15H8Cl2IN3O2S/c16-8-5-10(12(22)11(17)6-8)14-20-21-15(24-14)19-13(23)7-2-1-3-9(18)4-7/h1-6,22H,(H,19,21,23). The van der Waals surface area contributed by atoms with Crippen molar-refractivity contribution in [2.24, 2.45) is 0 Å². The van der Waals surface area contributed by atoms with Gasteiger partial charge in [0.05, 0.1) is 10.6 Å². The molecule has 9 heteroatoms.